The van der Waals surface area contributed by atoms with Gasteiger partial charge < -0.3 is 21.1 Å². The van der Waals surface area contributed by atoms with Crippen molar-refractivity contribution >= 4 is 36.0 Å². The smallest absolute Gasteiger partial charge is 0.407 e. The minimum atomic E-state index is -0.502. The summed E-state index contributed by atoms with van der Waals surface area (Å²) in [5.41, 5.74) is 6.30. The van der Waals surface area contributed by atoms with E-state index in [2.05, 4.69) is 29.1 Å². The molecule has 23 heavy (non-hydrogen) atoms. The Kier molecular flexibility index (Phi) is 13.1. The number of unbranched alkanes of at least 4 members (excludes halogenated alkanes) is 1. The van der Waals surface area contributed by atoms with E-state index in [1.807, 2.05) is 27.7 Å². The Labute approximate surface area is 157 Å². The molecule has 136 valence electrons. The van der Waals surface area contributed by atoms with Gasteiger partial charge in [0.1, 0.15) is 5.60 Å². The summed E-state index contributed by atoms with van der Waals surface area (Å²) < 4.78 is 5.23. The Hall–Kier alpha value is -0.990. The van der Waals surface area contributed by atoms with E-state index < -0.39 is 11.7 Å². The molecule has 7 heteroatoms. The number of nitrogens with one attached hydrogen (secondary N) is 2. The molecule has 0 aromatic rings. The fourth-order valence-corrected chi connectivity index (χ4v) is 1.67. The predicted molar refractivity (Wildman–Crippen MR) is 107 cm³/mol. The van der Waals surface area contributed by atoms with Crippen LogP contribution in [0.5, 0.6) is 0 Å². The third kappa shape index (κ3) is 15.7. The largest absolute Gasteiger partial charge is 0.444 e. The monoisotopic (exact) mass is 440 g/mol. The SMILES string of the molecule is C=C(C)CN=C(N)NC(CCCC)CNC(=O)OC(C)(C)C.I. The maximum atomic E-state index is 11.7. The van der Waals surface area contributed by atoms with Crippen LogP contribution in [0, 0.1) is 0 Å². The van der Waals surface area contributed by atoms with E-state index in [0.29, 0.717) is 19.0 Å². The van der Waals surface area contributed by atoms with Gasteiger partial charge in [-0.3, -0.25) is 0 Å². The summed E-state index contributed by atoms with van der Waals surface area (Å²) in [6, 6.07) is 0.0290. The summed E-state index contributed by atoms with van der Waals surface area (Å²) in [6.45, 7) is 14.3. The molecule has 0 saturated carbocycles. The molecular formula is C16H33IN4O2. The first kappa shape index (κ1) is 24.3. The maximum Gasteiger partial charge on any atom is 0.407 e. The van der Waals surface area contributed by atoms with Gasteiger partial charge in [-0.1, -0.05) is 31.9 Å². The molecule has 4 N–H and O–H groups in total. The molecule has 1 amide bonds. The van der Waals surface area contributed by atoms with Crippen molar-refractivity contribution in [3.8, 4) is 0 Å². The molecule has 1 unspecified atom stereocenters. The van der Waals surface area contributed by atoms with Crippen LogP contribution in [0.25, 0.3) is 0 Å². The lowest BCUT2D eigenvalue weighted by atomic mass is 10.1. The van der Waals surface area contributed by atoms with E-state index in [-0.39, 0.29) is 30.0 Å². The second-order valence-electron chi connectivity index (χ2n) is 6.52. The third-order valence-corrected chi connectivity index (χ3v) is 2.67. The zero-order valence-corrected chi connectivity index (χ0v) is 17.4. The van der Waals surface area contributed by atoms with E-state index >= 15 is 0 Å². The first-order valence-electron chi connectivity index (χ1n) is 7.81. The van der Waals surface area contributed by atoms with Crippen LogP contribution in [0.3, 0.4) is 0 Å². The summed E-state index contributed by atoms with van der Waals surface area (Å²) in [5, 5.41) is 5.91. The molecule has 0 fully saturated rings. The molecule has 0 rings (SSSR count). The number of nitrogens with two attached hydrogens (primary N) is 1. The van der Waals surface area contributed by atoms with Crippen LogP contribution in [0.1, 0.15) is 53.9 Å². The quantitative estimate of drug-likeness (QED) is 0.234. The minimum Gasteiger partial charge on any atom is -0.444 e. The topological polar surface area (TPSA) is 88.7 Å². The van der Waals surface area contributed by atoms with Crippen molar-refractivity contribution in [2.45, 2.75) is 65.5 Å². The molecule has 0 heterocycles. The molecule has 0 spiro atoms. The van der Waals surface area contributed by atoms with Crippen LogP contribution >= 0.6 is 24.0 Å². The molecule has 0 radical (unpaired) electrons. The third-order valence-electron chi connectivity index (χ3n) is 2.67. The molecule has 0 saturated heterocycles. The van der Waals surface area contributed by atoms with Crippen LogP contribution in [0.2, 0.25) is 0 Å². The van der Waals surface area contributed by atoms with Gasteiger partial charge in [0.05, 0.1) is 6.54 Å². The number of halogens is 1. The number of alkyl carbamates (subject to hydrolysis) is 1. The van der Waals surface area contributed by atoms with E-state index in [1.165, 1.54) is 0 Å². The number of guanidine groups is 1. The van der Waals surface area contributed by atoms with Gasteiger partial charge in [0.15, 0.2) is 5.96 Å². The van der Waals surface area contributed by atoms with Gasteiger partial charge in [-0.05, 0) is 34.1 Å². The fraction of sp³-hybridized carbons (Fsp3) is 0.750. The summed E-state index contributed by atoms with van der Waals surface area (Å²) in [5.74, 6) is 0.370. The maximum absolute atomic E-state index is 11.7. The van der Waals surface area contributed by atoms with Gasteiger partial charge in [-0.15, -0.1) is 24.0 Å². The molecule has 0 aliphatic heterocycles. The van der Waals surface area contributed by atoms with Gasteiger partial charge in [0.25, 0.3) is 0 Å². The average molecular weight is 440 g/mol. The Bertz CT molecular complexity index is 392. The number of hydrogen-bond acceptors (Lipinski definition) is 3. The van der Waals surface area contributed by atoms with Crippen LogP contribution in [-0.4, -0.2) is 36.8 Å². The van der Waals surface area contributed by atoms with Gasteiger partial charge in [-0.25, -0.2) is 9.79 Å². The normalized spacial score (nSPS) is 12.8. The highest BCUT2D eigenvalue weighted by Crippen LogP contribution is 2.06. The number of ether oxygens (including phenoxy) is 1. The number of nitrogens with zero attached hydrogens (tertiary/aromatic N) is 1. The molecule has 0 aromatic heterocycles. The van der Waals surface area contributed by atoms with Gasteiger partial charge in [0.2, 0.25) is 0 Å². The van der Waals surface area contributed by atoms with E-state index in [1.54, 1.807) is 0 Å². The lowest BCUT2D eigenvalue weighted by molar-refractivity contribution is 0.0523. The van der Waals surface area contributed by atoms with Crippen LogP contribution in [0.4, 0.5) is 4.79 Å². The van der Waals surface area contributed by atoms with Crippen molar-refractivity contribution in [2.75, 3.05) is 13.1 Å². The van der Waals surface area contributed by atoms with Gasteiger partial charge in [0, 0.05) is 12.6 Å². The fourth-order valence-electron chi connectivity index (χ4n) is 1.67. The Balaban J connectivity index is 0. The first-order valence-corrected chi connectivity index (χ1v) is 7.81. The second kappa shape index (κ2) is 12.4. The van der Waals surface area contributed by atoms with Gasteiger partial charge in [-0.2, -0.15) is 0 Å². The molecule has 1 atom stereocenters. The number of rotatable bonds is 8. The van der Waals surface area contributed by atoms with Gasteiger partial charge >= 0.3 is 6.09 Å². The van der Waals surface area contributed by atoms with E-state index in [0.717, 1.165) is 24.8 Å². The summed E-state index contributed by atoms with van der Waals surface area (Å²) in [4.78, 5) is 15.9. The highest BCUT2D eigenvalue weighted by Gasteiger charge is 2.17. The van der Waals surface area contributed by atoms with E-state index in [4.69, 9.17) is 10.5 Å². The molecule has 0 aromatic carbocycles. The predicted octanol–water partition coefficient (Wildman–Crippen LogP) is 3.17. The molecule has 0 bridgehead atoms. The number of carbonyl (C=O) groups excluding carboxylic acids is 1. The van der Waals surface area contributed by atoms with E-state index in [9.17, 15) is 4.79 Å². The first-order chi connectivity index (χ1) is 10.1. The Morgan fingerprint density at radius 1 is 1.39 bits per heavy atom. The van der Waals surface area contributed by atoms with Crippen LogP contribution < -0.4 is 16.4 Å². The standard InChI is InChI=1S/C16H32N4O2.HI/c1-7-8-9-13(20-14(17)18-10-12(2)3)11-19-15(21)22-16(4,5)6;/h13H,2,7-11H2,1,3-6H3,(H,19,21)(H3,17,18,20);1H. The van der Waals surface area contributed by atoms with Crippen LogP contribution in [0.15, 0.2) is 17.1 Å². The van der Waals surface area contributed by atoms with Crippen molar-refractivity contribution in [2.24, 2.45) is 10.7 Å². The Morgan fingerprint density at radius 3 is 2.48 bits per heavy atom. The zero-order valence-electron chi connectivity index (χ0n) is 15.1. The minimum absolute atomic E-state index is 0. The van der Waals surface area contributed by atoms with Crippen molar-refractivity contribution in [1.29, 1.82) is 0 Å². The lowest BCUT2D eigenvalue weighted by Crippen LogP contribution is -2.47. The lowest BCUT2D eigenvalue weighted by Gasteiger charge is -2.23. The number of hydrogen-bond donors (Lipinski definition) is 3. The highest BCUT2D eigenvalue weighted by atomic mass is 127. The molecular weight excluding hydrogens is 407 g/mol. The highest BCUT2D eigenvalue weighted by molar-refractivity contribution is 14.0. The van der Waals surface area contributed by atoms with Crippen LogP contribution in [-0.2, 0) is 4.74 Å². The summed E-state index contributed by atoms with van der Waals surface area (Å²) in [7, 11) is 0. The molecule has 0 aliphatic carbocycles. The number of amides is 1. The van der Waals surface area contributed by atoms with Crippen molar-refractivity contribution in [3.63, 3.8) is 0 Å². The summed E-state index contributed by atoms with van der Waals surface area (Å²) in [6.07, 6.45) is 2.60. The summed E-state index contributed by atoms with van der Waals surface area (Å²) >= 11 is 0. The number of carbonyl (C=O) groups is 1. The van der Waals surface area contributed by atoms with Crippen molar-refractivity contribution in [3.05, 3.63) is 12.2 Å². The number of aliphatic imine (C=N–C) groups is 1. The zero-order chi connectivity index (χ0) is 17.2. The average Bonchev–Trinajstić information content (AvgIpc) is 2.37. The van der Waals surface area contributed by atoms with Crippen molar-refractivity contribution in [1.82, 2.24) is 10.6 Å². The molecule has 6 nitrogen and oxygen atoms in total. The second-order valence-corrected chi connectivity index (χ2v) is 6.52. The molecule has 0 aliphatic rings. The van der Waals surface area contributed by atoms with Crippen molar-refractivity contribution < 1.29 is 9.53 Å². The Morgan fingerprint density at radius 2 is 2.00 bits per heavy atom.